The first-order chi connectivity index (χ1) is 25.5. The number of ether oxygens (including phenoxy) is 1. The fourth-order valence-electron chi connectivity index (χ4n) is 4.81. The van der Waals surface area contributed by atoms with Gasteiger partial charge >= 0.3 is 30.0 Å². The van der Waals surface area contributed by atoms with Crippen molar-refractivity contribution in [3.05, 3.63) is 94.3 Å². The molecule has 0 saturated heterocycles. The molecule has 0 unspecified atom stereocenters. The molecule has 1 saturated carbocycles. The van der Waals surface area contributed by atoms with E-state index in [9.17, 15) is 50.6 Å². The minimum absolute atomic E-state index is 0.0189. The van der Waals surface area contributed by atoms with E-state index in [1.54, 1.807) is 29.6 Å². The van der Waals surface area contributed by atoms with Gasteiger partial charge in [-0.25, -0.2) is 18.0 Å². The SMILES string of the molecule is O=C(NCC[C@H](NC(=O)c1ccc(Nc2nc(NC3(c4ccc(Cl)cc4)CC3)nc(OCC(F)(F)F)n2)cc1)C(=O)O)C(=O)Nc1cc(F)c(F)cc1F. The van der Waals surface area contributed by atoms with Crippen LogP contribution in [0.1, 0.15) is 35.2 Å². The van der Waals surface area contributed by atoms with Crippen LogP contribution in [0.5, 0.6) is 6.01 Å². The number of nitrogens with zero attached hydrogens (tertiary/aromatic N) is 3. The first kappa shape index (κ1) is 39.0. The van der Waals surface area contributed by atoms with Crippen molar-refractivity contribution >= 4 is 58.6 Å². The van der Waals surface area contributed by atoms with Crippen molar-refractivity contribution in [2.45, 2.75) is 37.0 Å². The summed E-state index contributed by atoms with van der Waals surface area (Å²) in [6, 6.07) is 10.6. The van der Waals surface area contributed by atoms with E-state index in [4.69, 9.17) is 16.3 Å². The third kappa shape index (κ3) is 10.5. The maximum absolute atomic E-state index is 13.8. The Kier molecular flexibility index (Phi) is 11.7. The molecule has 0 aliphatic heterocycles. The van der Waals surface area contributed by atoms with E-state index in [-0.39, 0.29) is 29.2 Å². The Hall–Kier alpha value is -6.18. The summed E-state index contributed by atoms with van der Waals surface area (Å²) in [4.78, 5) is 60.9. The molecule has 21 heteroatoms. The van der Waals surface area contributed by atoms with E-state index in [1.165, 1.54) is 24.3 Å². The number of hydrogen-bond acceptors (Lipinski definition) is 10. The molecule has 14 nitrogen and oxygen atoms in total. The number of rotatable bonds is 14. The molecule has 54 heavy (non-hydrogen) atoms. The number of aromatic nitrogens is 3. The minimum atomic E-state index is -4.67. The monoisotopic (exact) mass is 780 g/mol. The number of benzene rings is 3. The lowest BCUT2D eigenvalue weighted by molar-refractivity contribution is -0.154. The van der Waals surface area contributed by atoms with Gasteiger partial charge < -0.3 is 36.4 Å². The fraction of sp³-hybridized carbons (Fsp3) is 0.242. The Morgan fingerprint density at radius 2 is 1.52 bits per heavy atom. The molecule has 1 aromatic heterocycles. The summed E-state index contributed by atoms with van der Waals surface area (Å²) in [5.41, 5.74) is -0.303. The molecule has 5 rings (SSSR count). The molecule has 6 N–H and O–H groups in total. The summed E-state index contributed by atoms with van der Waals surface area (Å²) >= 11 is 6.00. The zero-order chi connectivity index (χ0) is 39.2. The number of hydrogen-bond donors (Lipinski definition) is 6. The van der Waals surface area contributed by atoms with Gasteiger partial charge in [0.2, 0.25) is 11.9 Å². The molecule has 3 aromatic carbocycles. The Labute approximate surface area is 305 Å². The molecular weight excluding hydrogens is 754 g/mol. The molecule has 4 aromatic rings. The molecule has 0 radical (unpaired) electrons. The smallest absolute Gasteiger partial charge is 0.422 e. The standard InChI is InChI=1S/C33H27ClF6N8O6/c34-18-5-3-17(4-6-18)32(10-11-32)48-30-45-29(46-31(47-30)54-15-33(38,39)40)42-19-7-1-16(2-8-19)25(49)43-23(28(52)53)9-12-41-26(50)27(51)44-24-14-21(36)20(35)13-22(24)37/h1-8,13-14,23H,9-12,15H2,(H,41,50)(H,43,49)(H,44,51)(H,52,53)(H2,42,45,46,47,48)/t23-/m0/s1. The highest BCUT2D eigenvalue weighted by Crippen LogP contribution is 2.48. The zero-order valence-corrected chi connectivity index (χ0v) is 28.1. The van der Waals surface area contributed by atoms with Crippen LogP contribution >= 0.6 is 11.6 Å². The predicted octanol–water partition coefficient (Wildman–Crippen LogP) is 5.06. The Morgan fingerprint density at radius 1 is 0.870 bits per heavy atom. The number of halogens is 7. The molecular formula is C33H27ClF6N8O6. The van der Waals surface area contributed by atoms with Crippen LogP contribution in [-0.4, -0.2) is 69.1 Å². The fourth-order valence-corrected chi connectivity index (χ4v) is 4.94. The molecule has 1 aliphatic carbocycles. The highest BCUT2D eigenvalue weighted by atomic mass is 35.5. The molecule has 1 atom stereocenters. The molecule has 1 heterocycles. The first-order valence-electron chi connectivity index (χ1n) is 15.6. The number of aliphatic carboxylic acids is 1. The maximum Gasteiger partial charge on any atom is 0.422 e. The molecule has 3 amide bonds. The van der Waals surface area contributed by atoms with E-state index in [0.717, 1.165) is 5.56 Å². The average molecular weight is 781 g/mol. The number of nitrogens with one attached hydrogen (secondary N) is 5. The molecule has 0 bridgehead atoms. The first-order valence-corrected chi connectivity index (χ1v) is 16.0. The number of carboxylic acids is 1. The normalized spacial score (nSPS) is 13.6. The van der Waals surface area contributed by atoms with Crippen LogP contribution < -0.4 is 31.3 Å². The van der Waals surface area contributed by atoms with Crippen molar-refractivity contribution in [3.63, 3.8) is 0 Å². The Balaban J connectivity index is 1.19. The molecule has 0 spiro atoms. The lowest BCUT2D eigenvalue weighted by Crippen LogP contribution is -2.44. The van der Waals surface area contributed by atoms with Gasteiger partial charge in [-0.15, -0.1) is 0 Å². The average Bonchev–Trinajstić information content (AvgIpc) is 3.89. The van der Waals surface area contributed by atoms with Gasteiger partial charge in [0.1, 0.15) is 11.9 Å². The second kappa shape index (κ2) is 16.2. The summed E-state index contributed by atoms with van der Waals surface area (Å²) in [6.45, 7) is -2.12. The third-order valence-corrected chi connectivity index (χ3v) is 7.92. The van der Waals surface area contributed by atoms with Gasteiger partial charge in [0.25, 0.3) is 5.91 Å². The van der Waals surface area contributed by atoms with Gasteiger partial charge in [-0.1, -0.05) is 23.7 Å². The largest absolute Gasteiger partial charge is 0.480 e. The number of carbonyl (C=O) groups is 4. The summed E-state index contributed by atoms with van der Waals surface area (Å²) in [5.74, 6) is -9.77. The van der Waals surface area contributed by atoms with Gasteiger partial charge in [-0.2, -0.15) is 28.1 Å². The lowest BCUT2D eigenvalue weighted by Gasteiger charge is -2.19. The topological polar surface area (TPSA) is 197 Å². The van der Waals surface area contributed by atoms with Crippen LogP contribution in [0.25, 0.3) is 0 Å². The van der Waals surface area contributed by atoms with Crippen LogP contribution in [0.15, 0.2) is 60.7 Å². The second-order valence-corrected chi connectivity index (χ2v) is 12.1. The predicted molar refractivity (Wildman–Crippen MR) is 179 cm³/mol. The van der Waals surface area contributed by atoms with Gasteiger partial charge in [-0.05, 0) is 61.2 Å². The van der Waals surface area contributed by atoms with Gasteiger partial charge in [-0.3, -0.25) is 14.4 Å². The van der Waals surface area contributed by atoms with E-state index in [2.05, 4.69) is 36.2 Å². The van der Waals surface area contributed by atoms with Gasteiger partial charge in [0, 0.05) is 35.0 Å². The van der Waals surface area contributed by atoms with Crippen molar-refractivity contribution in [1.29, 1.82) is 0 Å². The van der Waals surface area contributed by atoms with Crippen LogP contribution in [-0.2, 0) is 19.9 Å². The van der Waals surface area contributed by atoms with E-state index >= 15 is 0 Å². The summed E-state index contributed by atoms with van der Waals surface area (Å²) in [7, 11) is 0. The van der Waals surface area contributed by atoms with Crippen molar-refractivity contribution in [1.82, 2.24) is 25.6 Å². The summed E-state index contributed by atoms with van der Waals surface area (Å²) < 4.78 is 83.7. The number of alkyl halides is 3. The Morgan fingerprint density at radius 3 is 2.15 bits per heavy atom. The van der Waals surface area contributed by atoms with Crippen molar-refractivity contribution in [2.75, 3.05) is 29.1 Å². The van der Waals surface area contributed by atoms with E-state index in [1.807, 2.05) is 0 Å². The number of carboxylic acid groups (broad SMARTS) is 1. The minimum Gasteiger partial charge on any atom is -0.480 e. The van der Waals surface area contributed by atoms with Gasteiger partial charge in [0.05, 0.1) is 11.2 Å². The second-order valence-electron chi connectivity index (χ2n) is 11.7. The Bertz CT molecular complexity index is 2050. The van der Waals surface area contributed by atoms with E-state index < -0.39 is 90.2 Å². The van der Waals surface area contributed by atoms with Crippen LogP contribution in [0.4, 0.5) is 49.6 Å². The number of amides is 3. The third-order valence-electron chi connectivity index (χ3n) is 7.67. The van der Waals surface area contributed by atoms with Crippen LogP contribution in [0.2, 0.25) is 5.02 Å². The maximum atomic E-state index is 13.8. The van der Waals surface area contributed by atoms with E-state index in [0.29, 0.717) is 23.9 Å². The lowest BCUT2D eigenvalue weighted by atomic mass is 10.1. The zero-order valence-electron chi connectivity index (χ0n) is 27.4. The van der Waals surface area contributed by atoms with Crippen molar-refractivity contribution in [2.24, 2.45) is 0 Å². The highest BCUT2D eigenvalue weighted by Gasteiger charge is 2.45. The molecule has 1 aliphatic rings. The number of carbonyl (C=O) groups excluding carboxylic acids is 3. The molecule has 1 fully saturated rings. The summed E-state index contributed by atoms with van der Waals surface area (Å²) in [6.07, 6.45) is -3.74. The summed E-state index contributed by atoms with van der Waals surface area (Å²) in [5, 5.41) is 22.1. The number of anilines is 4. The quantitative estimate of drug-likeness (QED) is 0.0569. The van der Waals surface area contributed by atoms with Crippen molar-refractivity contribution < 1.29 is 55.4 Å². The van der Waals surface area contributed by atoms with Gasteiger partial charge in [0.15, 0.2) is 18.2 Å². The van der Waals surface area contributed by atoms with Crippen molar-refractivity contribution in [3.8, 4) is 6.01 Å². The highest BCUT2D eigenvalue weighted by molar-refractivity contribution is 6.39. The van der Waals surface area contributed by atoms with Crippen LogP contribution in [0, 0.1) is 17.5 Å². The molecule has 284 valence electrons. The van der Waals surface area contributed by atoms with Crippen LogP contribution in [0.3, 0.4) is 0 Å².